The number of nitrogens with zero attached hydrogens (tertiary/aromatic N) is 2. The van der Waals surface area contributed by atoms with E-state index in [1.54, 1.807) is 11.3 Å². The highest BCUT2D eigenvalue weighted by Gasteiger charge is 2.01. The Kier molecular flexibility index (Phi) is 3.23. The highest BCUT2D eigenvalue weighted by molar-refractivity contribution is 5.02. The summed E-state index contributed by atoms with van der Waals surface area (Å²) in [5.74, 6) is 0. The molecule has 1 aliphatic rings. The quantitative estimate of drug-likeness (QED) is 0.593. The van der Waals surface area contributed by atoms with Crippen molar-refractivity contribution in [3.8, 4) is 6.07 Å². The molecule has 0 radical (unpaired) electrons. The van der Waals surface area contributed by atoms with Crippen LogP contribution in [-0.2, 0) is 4.84 Å². The van der Waals surface area contributed by atoms with Crippen LogP contribution in [0.5, 0.6) is 0 Å². The van der Waals surface area contributed by atoms with Gasteiger partial charge in [-0.2, -0.15) is 5.26 Å². The van der Waals surface area contributed by atoms with Crippen molar-refractivity contribution in [1.82, 2.24) is 5.06 Å². The molecule has 0 saturated carbocycles. The van der Waals surface area contributed by atoms with Crippen molar-refractivity contribution >= 4 is 0 Å². The molecular formula is C8H10N2O. The minimum Gasteiger partial charge on any atom is -0.413 e. The maximum absolute atomic E-state index is 8.30. The second kappa shape index (κ2) is 4.53. The summed E-state index contributed by atoms with van der Waals surface area (Å²) in [6, 6.07) is 2.07. The zero-order valence-corrected chi connectivity index (χ0v) is 6.23. The van der Waals surface area contributed by atoms with Gasteiger partial charge in [0.25, 0.3) is 0 Å². The zero-order valence-electron chi connectivity index (χ0n) is 6.23. The first-order valence-electron chi connectivity index (χ1n) is 3.54. The number of hydroxylamine groups is 2. The van der Waals surface area contributed by atoms with Crippen LogP contribution in [0.3, 0.4) is 0 Å². The molecule has 11 heavy (non-hydrogen) atoms. The van der Waals surface area contributed by atoms with Crippen molar-refractivity contribution in [3.63, 3.8) is 0 Å². The summed E-state index contributed by atoms with van der Waals surface area (Å²) >= 11 is 0. The fraction of sp³-hybridized carbons (Fsp3) is 0.375. The number of allylic oxidation sites excluding steroid dienone is 2. The normalized spacial score (nSPS) is 17.0. The first kappa shape index (κ1) is 7.83. The van der Waals surface area contributed by atoms with Gasteiger partial charge in [-0.1, -0.05) is 12.2 Å². The Morgan fingerprint density at radius 2 is 2.45 bits per heavy atom. The highest BCUT2D eigenvalue weighted by Crippen LogP contribution is 1.98. The lowest BCUT2D eigenvalue weighted by Crippen LogP contribution is -2.22. The maximum Gasteiger partial charge on any atom is 0.111 e. The van der Waals surface area contributed by atoms with Gasteiger partial charge < -0.3 is 4.84 Å². The Balaban J connectivity index is 2.29. The van der Waals surface area contributed by atoms with Crippen molar-refractivity contribution in [1.29, 1.82) is 5.26 Å². The van der Waals surface area contributed by atoms with Crippen LogP contribution < -0.4 is 0 Å². The number of rotatable bonds is 2. The standard InChI is InChI=1S/C8H10N2O/c9-5-4-7-10-6-2-1-3-8-11-10/h1-3,8H,4,6-7H2. The highest BCUT2D eigenvalue weighted by atomic mass is 16.7. The minimum absolute atomic E-state index is 0.502. The molecule has 0 fully saturated rings. The molecule has 0 aromatic heterocycles. The third kappa shape index (κ3) is 2.87. The van der Waals surface area contributed by atoms with E-state index >= 15 is 0 Å². The average molecular weight is 150 g/mol. The van der Waals surface area contributed by atoms with E-state index in [9.17, 15) is 0 Å². The molecular weight excluding hydrogens is 140 g/mol. The van der Waals surface area contributed by atoms with Gasteiger partial charge >= 0.3 is 0 Å². The Morgan fingerprint density at radius 1 is 1.55 bits per heavy atom. The second-order valence-corrected chi connectivity index (χ2v) is 2.16. The van der Waals surface area contributed by atoms with Gasteiger partial charge in [0.05, 0.1) is 19.0 Å². The number of nitriles is 1. The maximum atomic E-state index is 8.30. The fourth-order valence-corrected chi connectivity index (χ4v) is 0.785. The summed E-state index contributed by atoms with van der Waals surface area (Å²) in [7, 11) is 0. The van der Waals surface area contributed by atoms with Gasteiger partial charge in [0.2, 0.25) is 0 Å². The summed E-state index contributed by atoms with van der Waals surface area (Å²) in [5, 5.41) is 10.0. The van der Waals surface area contributed by atoms with E-state index in [-0.39, 0.29) is 0 Å². The summed E-state index contributed by atoms with van der Waals surface area (Å²) in [6.07, 6.45) is 7.85. The van der Waals surface area contributed by atoms with Crippen molar-refractivity contribution in [2.45, 2.75) is 6.42 Å². The summed E-state index contributed by atoms with van der Waals surface area (Å²) in [6.45, 7) is 1.40. The lowest BCUT2D eigenvalue weighted by Gasteiger charge is -2.15. The van der Waals surface area contributed by atoms with Crippen LogP contribution in [-0.4, -0.2) is 18.2 Å². The molecule has 1 rings (SSSR count). The topological polar surface area (TPSA) is 36.3 Å². The lowest BCUT2D eigenvalue weighted by atomic mass is 10.4. The molecule has 0 saturated heterocycles. The van der Waals surface area contributed by atoms with Crippen LogP contribution in [0, 0.1) is 11.3 Å². The summed E-state index contributed by atoms with van der Waals surface area (Å²) < 4.78 is 0. The van der Waals surface area contributed by atoms with Gasteiger partial charge in [0.1, 0.15) is 6.26 Å². The van der Waals surface area contributed by atoms with E-state index in [0.29, 0.717) is 13.0 Å². The van der Waals surface area contributed by atoms with Crippen molar-refractivity contribution in [2.75, 3.05) is 13.1 Å². The third-order valence-corrected chi connectivity index (χ3v) is 1.32. The van der Waals surface area contributed by atoms with Gasteiger partial charge in [-0.15, -0.1) is 5.06 Å². The van der Waals surface area contributed by atoms with E-state index in [1.165, 1.54) is 0 Å². The molecule has 0 amide bonds. The lowest BCUT2D eigenvalue weighted by molar-refractivity contribution is -0.0904. The molecule has 58 valence electrons. The van der Waals surface area contributed by atoms with Crippen molar-refractivity contribution < 1.29 is 4.84 Å². The average Bonchev–Trinajstić information content (AvgIpc) is 2.28. The Hall–Kier alpha value is -1.27. The molecule has 1 aliphatic heterocycles. The van der Waals surface area contributed by atoms with Gasteiger partial charge in [-0.3, -0.25) is 0 Å². The largest absolute Gasteiger partial charge is 0.413 e. The molecule has 0 aromatic rings. The molecule has 1 heterocycles. The second-order valence-electron chi connectivity index (χ2n) is 2.16. The van der Waals surface area contributed by atoms with Gasteiger partial charge in [0, 0.05) is 6.54 Å². The van der Waals surface area contributed by atoms with Crippen LogP contribution in [0.1, 0.15) is 6.42 Å². The van der Waals surface area contributed by atoms with Crippen LogP contribution in [0.4, 0.5) is 0 Å². The molecule has 0 bridgehead atoms. The minimum atomic E-state index is 0.502. The first-order chi connectivity index (χ1) is 5.43. The van der Waals surface area contributed by atoms with Crippen molar-refractivity contribution in [2.24, 2.45) is 0 Å². The van der Waals surface area contributed by atoms with Gasteiger partial charge in [0.15, 0.2) is 0 Å². The van der Waals surface area contributed by atoms with Crippen LogP contribution >= 0.6 is 0 Å². The van der Waals surface area contributed by atoms with E-state index in [0.717, 1.165) is 6.54 Å². The van der Waals surface area contributed by atoms with Crippen molar-refractivity contribution in [3.05, 3.63) is 24.5 Å². The van der Waals surface area contributed by atoms with E-state index in [1.807, 2.05) is 18.2 Å². The SMILES string of the molecule is N#CCCN1CC=CC=CO1. The van der Waals surface area contributed by atoms with E-state index in [2.05, 4.69) is 6.07 Å². The van der Waals surface area contributed by atoms with Crippen LogP contribution in [0.25, 0.3) is 0 Å². The molecule has 0 unspecified atom stereocenters. The number of hydrogen-bond acceptors (Lipinski definition) is 3. The monoisotopic (exact) mass is 150 g/mol. The molecule has 0 aliphatic carbocycles. The molecule has 0 N–H and O–H groups in total. The Bertz CT molecular complexity index is 189. The molecule has 3 heteroatoms. The molecule has 0 aromatic carbocycles. The third-order valence-electron chi connectivity index (χ3n) is 1.32. The number of hydrogen-bond donors (Lipinski definition) is 0. The Morgan fingerprint density at radius 3 is 3.27 bits per heavy atom. The Labute approximate surface area is 66.1 Å². The summed E-state index contributed by atoms with van der Waals surface area (Å²) in [4.78, 5) is 5.14. The molecule has 3 nitrogen and oxygen atoms in total. The van der Waals surface area contributed by atoms with Crippen LogP contribution in [0.15, 0.2) is 24.5 Å². The van der Waals surface area contributed by atoms with E-state index in [4.69, 9.17) is 10.1 Å². The first-order valence-corrected chi connectivity index (χ1v) is 3.54. The van der Waals surface area contributed by atoms with Gasteiger partial charge in [-0.25, -0.2) is 0 Å². The predicted molar refractivity (Wildman–Crippen MR) is 41.2 cm³/mol. The van der Waals surface area contributed by atoms with E-state index < -0.39 is 0 Å². The smallest absolute Gasteiger partial charge is 0.111 e. The fourth-order valence-electron chi connectivity index (χ4n) is 0.785. The molecule has 0 spiro atoms. The predicted octanol–water partition coefficient (Wildman–Crippen LogP) is 1.22. The zero-order chi connectivity index (χ0) is 7.94. The van der Waals surface area contributed by atoms with Crippen LogP contribution in [0.2, 0.25) is 0 Å². The summed E-state index contributed by atoms with van der Waals surface area (Å²) in [5.41, 5.74) is 0. The molecule has 0 atom stereocenters. The van der Waals surface area contributed by atoms with Gasteiger partial charge in [-0.05, 0) is 6.08 Å².